The first kappa shape index (κ1) is 10.4. The maximum atomic E-state index is 8.99. The Labute approximate surface area is 85.4 Å². The van der Waals surface area contributed by atoms with Gasteiger partial charge in [0.05, 0.1) is 13.2 Å². The zero-order valence-electron chi connectivity index (χ0n) is 8.91. The molecular formula is C10H20N2O2. The molecule has 4 heteroatoms. The number of rotatable bonds is 2. The summed E-state index contributed by atoms with van der Waals surface area (Å²) in [5.74, 6) is 0. The number of β-amino-alcohol motifs (C(OH)–C–C–N with tert-alkyl or cyclic N) is 1. The third kappa shape index (κ3) is 1.80. The third-order valence-electron chi connectivity index (χ3n) is 3.45. The van der Waals surface area contributed by atoms with Gasteiger partial charge < -0.3 is 14.7 Å². The van der Waals surface area contributed by atoms with Crippen LogP contribution in [0.5, 0.6) is 0 Å². The quantitative estimate of drug-likeness (QED) is 0.666. The molecule has 2 aliphatic rings. The van der Waals surface area contributed by atoms with E-state index in [1.54, 1.807) is 0 Å². The smallest absolute Gasteiger partial charge is 0.124 e. The molecule has 0 saturated carbocycles. The number of hydrogen-bond donors (Lipinski definition) is 1. The van der Waals surface area contributed by atoms with E-state index < -0.39 is 0 Å². The number of likely N-dealkylation sites (tertiary alicyclic amines) is 1. The van der Waals surface area contributed by atoms with E-state index in [9.17, 15) is 0 Å². The summed E-state index contributed by atoms with van der Waals surface area (Å²) in [6, 6.07) is 0. The minimum atomic E-state index is -0.0464. The average Bonchev–Trinajstić information content (AvgIpc) is 2.56. The lowest BCUT2D eigenvalue weighted by Gasteiger charge is -2.42. The van der Waals surface area contributed by atoms with E-state index in [1.165, 1.54) is 0 Å². The fraction of sp³-hybridized carbons (Fsp3) is 1.00. The van der Waals surface area contributed by atoms with Crippen LogP contribution in [0.4, 0.5) is 0 Å². The Morgan fingerprint density at radius 2 is 2.00 bits per heavy atom. The molecule has 2 saturated heterocycles. The summed E-state index contributed by atoms with van der Waals surface area (Å²) in [6.07, 6.45) is 2.15. The van der Waals surface area contributed by atoms with Crippen molar-refractivity contribution < 1.29 is 9.84 Å². The molecule has 0 aromatic rings. The molecule has 0 atom stereocenters. The van der Waals surface area contributed by atoms with Gasteiger partial charge >= 0.3 is 0 Å². The van der Waals surface area contributed by atoms with E-state index >= 15 is 0 Å². The summed E-state index contributed by atoms with van der Waals surface area (Å²) in [5.41, 5.74) is -0.0464. The van der Waals surface area contributed by atoms with E-state index in [1.807, 2.05) is 0 Å². The minimum Gasteiger partial charge on any atom is -0.395 e. The number of aliphatic hydroxyl groups excluding tert-OH is 1. The summed E-state index contributed by atoms with van der Waals surface area (Å²) < 4.78 is 5.88. The maximum Gasteiger partial charge on any atom is 0.124 e. The summed E-state index contributed by atoms with van der Waals surface area (Å²) in [6.45, 7) is 4.99. The van der Waals surface area contributed by atoms with E-state index in [2.05, 4.69) is 16.8 Å². The van der Waals surface area contributed by atoms with E-state index in [0.29, 0.717) is 0 Å². The molecule has 0 aromatic carbocycles. The topological polar surface area (TPSA) is 35.9 Å². The standard InChI is InChI=1S/C10H20N2O2/c1-11-4-2-10(3-5-11)12(6-8-13)7-9-14-10/h13H,2-9H2,1H3. The van der Waals surface area contributed by atoms with Crippen LogP contribution in [0.25, 0.3) is 0 Å². The van der Waals surface area contributed by atoms with Crippen molar-refractivity contribution in [3.8, 4) is 0 Å². The largest absolute Gasteiger partial charge is 0.395 e. The van der Waals surface area contributed by atoms with Gasteiger partial charge in [-0.2, -0.15) is 0 Å². The number of aliphatic hydroxyl groups is 1. The van der Waals surface area contributed by atoms with Gasteiger partial charge in [-0.15, -0.1) is 0 Å². The van der Waals surface area contributed by atoms with Crippen LogP contribution in [0.1, 0.15) is 12.8 Å². The van der Waals surface area contributed by atoms with Crippen molar-refractivity contribution in [1.29, 1.82) is 0 Å². The van der Waals surface area contributed by atoms with Crippen LogP contribution in [0.3, 0.4) is 0 Å². The number of piperidine rings is 1. The summed E-state index contributed by atoms with van der Waals surface area (Å²) >= 11 is 0. The highest BCUT2D eigenvalue weighted by Gasteiger charge is 2.43. The zero-order valence-corrected chi connectivity index (χ0v) is 8.91. The van der Waals surface area contributed by atoms with Crippen LogP contribution in [0.15, 0.2) is 0 Å². The van der Waals surface area contributed by atoms with Gasteiger partial charge in [0, 0.05) is 39.0 Å². The molecule has 0 aromatic heterocycles. The van der Waals surface area contributed by atoms with E-state index in [-0.39, 0.29) is 12.3 Å². The molecule has 2 heterocycles. The van der Waals surface area contributed by atoms with Crippen LogP contribution in [0.2, 0.25) is 0 Å². The Balaban J connectivity index is 1.99. The monoisotopic (exact) mass is 200 g/mol. The van der Waals surface area contributed by atoms with Gasteiger partial charge in [-0.25, -0.2) is 0 Å². The van der Waals surface area contributed by atoms with Gasteiger partial charge in [-0.05, 0) is 7.05 Å². The Morgan fingerprint density at radius 3 is 2.64 bits per heavy atom. The molecule has 0 radical (unpaired) electrons. The molecule has 14 heavy (non-hydrogen) atoms. The van der Waals surface area contributed by atoms with Gasteiger partial charge in [0.25, 0.3) is 0 Å². The highest BCUT2D eigenvalue weighted by Crippen LogP contribution is 2.33. The minimum absolute atomic E-state index is 0.0464. The molecule has 2 fully saturated rings. The van der Waals surface area contributed by atoms with Crippen molar-refractivity contribution >= 4 is 0 Å². The molecule has 0 aliphatic carbocycles. The van der Waals surface area contributed by atoms with Crippen molar-refractivity contribution in [2.45, 2.75) is 18.6 Å². The van der Waals surface area contributed by atoms with Crippen molar-refractivity contribution in [1.82, 2.24) is 9.80 Å². The SMILES string of the molecule is CN1CCC2(CC1)OCCN2CCO. The van der Waals surface area contributed by atoms with Crippen LogP contribution in [-0.4, -0.2) is 67.1 Å². The first-order valence-electron chi connectivity index (χ1n) is 5.45. The van der Waals surface area contributed by atoms with Gasteiger partial charge in [0.1, 0.15) is 5.72 Å². The lowest BCUT2D eigenvalue weighted by Crippen LogP contribution is -2.52. The van der Waals surface area contributed by atoms with Crippen LogP contribution in [0, 0.1) is 0 Å². The Morgan fingerprint density at radius 1 is 1.29 bits per heavy atom. The zero-order chi connectivity index (χ0) is 10.0. The molecule has 2 aliphatic heterocycles. The number of hydrogen-bond acceptors (Lipinski definition) is 4. The molecule has 0 bridgehead atoms. The normalized spacial score (nSPS) is 28.7. The van der Waals surface area contributed by atoms with Crippen molar-refractivity contribution in [2.24, 2.45) is 0 Å². The average molecular weight is 200 g/mol. The molecular weight excluding hydrogens is 180 g/mol. The number of ether oxygens (including phenoxy) is 1. The Hall–Kier alpha value is -0.160. The van der Waals surface area contributed by atoms with Crippen molar-refractivity contribution in [3.63, 3.8) is 0 Å². The van der Waals surface area contributed by atoms with Crippen molar-refractivity contribution in [2.75, 3.05) is 46.4 Å². The van der Waals surface area contributed by atoms with Gasteiger partial charge in [0.15, 0.2) is 0 Å². The van der Waals surface area contributed by atoms with Crippen LogP contribution < -0.4 is 0 Å². The predicted octanol–water partition coefficient (Wildman–Crippen LogP) is -0.267. The summed E-state index contributed by atoms with van der Waals surface area (Å²) in [7, 11) is 2.15. The van der Waals surface area contributed by atoms with Gasteiger partial charge in [0.2, 0.25) is 0 Å². The second-order valence-electron chi connectivity index (χ2n) is 4.31. The third-order valence-corrected chi connectivity index (χ3v) is 3.45. The summed E-state index contributed by atoms with van der Waals surface area (Å²) in [5, 5.41) is 8.99. The van der Waals surface area contributed by atoms with E-state index in [0.717, 1.165) is 45.6 Å². The molecule has 4 nitrogen and oxygen atoms in total. The number of nitrogens with zero attached hydrogens (tertiary/aromatic N) is 2. The van der Waals surface area contributed by atoms with Crippen molar-refractivity contribution in [3.05, 3.63) is 0 Å². The van der Waals surface area contributed by atoms with Crippen LogP contribution in [-0.2, 0) is 4.74 Å². The summed E-state index contributed by atoms with van der Waals surface area (Å²) in [4.78, 5) is 4.64. The lowest BCUT2D eigenvalue weighted by molar-refractivity contribution is -0.119. The molecule has 0 unspecified atom stereocenters. The molecule has 1 N–H and O–H groups in total. The molecule has 82 valence electrons. The second kappa shape index (κ2) is 4.14. The molecule has 2 rings (SSSR count). The fourth-order valence-electron chi connectivity index (χ4n) is 2.51. The van der Waals surface area contributed by atoms with E-state index in [4.69, 9.17) is 9.84 Å². The molecule has 0 amide bonds. The Kier molecular flexibility index (Phi) is 3.07. The van der Waals surface area contributed by atoms with Gasteiger partial charge in [-0.3, -0.25) is 4.90 Å². The fourth-order valence-corrected chi connectivity index (χ4v) is 2.51. The highest BCUT2D eigenvalue weighted by molar-refractivity contribution is 4.90. The predicted molar refractivity (Wildman–Crippen MR) is 54.1 cm³/mol. The first-order chi connectivity index (χ1) is 6.77. The highest BCUT2D eigenvalue weighted by atomic mass is 16.5. The van der Waals surface area contributed by atoms with Gasteiger partial charge in [-0.1, -0.05) is 0 Å². The maximum absolute atomic E-state index is 8.99. The van der Waals surface area contributed by atoms with Crippen LogP contribution >= 0.6 is 0 Å². The molecule has 1 spiro atoms. The Bertz CT molecular complexity index is 191. The first-order valence-corrected chi connectivity index (χ1v) is 5.45. The second-order valence-corrected chi connectivity index (χ2v) is 4.31. The lowest BCUT2D eigenvalue weighted by atomic mass is 9.99.